The largest absolute Gasteiger partial charge is 1.00 e. The molecule has 29 heavy (non-hydrogen) atoms. The molecular formula is C24H21FINO2. The second-order valence-corrected chi connectivity index (χ2v) is 6.66. The fourth-order valence-corrected chi connectivity index (χ4v) is 3.55. The van der Waals surface area contributed by atoms with Crippen LogP contribution in [0.3, 0.4) is 0 Å². The van der Waals surface area contributed by atoms with Crippen LogP contribution in [0.1, 0.15) is 0 Å². The first-order valence-electron chi connectivity index (χ1n) is 9.01. The number of ether oxygens (including phenoxy) is 2. The molecule has 5 heteroatoms. The molecule has 0 aliphatic carbocycles. The highest BCUT2D eigenvalue weighted by atomic mass is 127. The lowest BCUT2D eigenvalue weighted by atomic mass is 9.97. The number of para-hydroxylation sites is 1. The molecule has 0 aliphatic rings. The van der Waals surface area contributed by atoms with E-state index in [0.29, 0.717) is 11.5 Å². The Morgan fingerprint density at radius 2 is 1.52 bits per heavy atom. The van der Waals surface area contributed by atoms with Crippen LogP contribution in [0.15, 0.2) is 72.9 Å². The number of halogens is 2. The van der Waals surface area contributed by atoms with E-state index in [9.17, 15) is 4.39 Å². The van der Waals surface area contributed by atoms with Crippen molar-refractivity contribution in [3.63, 3.8) is 0 Å². The number of aromatic nitrogens is 1. The Morgan fingerprint density at radius 3 is 2.21 bits per heavy atom. The van der Waals surface area contributed by atoms with E-state index >= 15 is 0 Å². The number of methoxy groups -OCH3 is 2. The average Bonchev–Trinajstić information content (AvgIpc) is 2.73. The van der Waals surface area contributed by atoms with Gasteiger partial charge in [-0.05, 0) is 47.5 Å². The number of aryl methyl sites for hydroxylation is 1. The zero-order valence-electron chi connectivity index (χ0n) is 16.4. The number of hydrogen-bond donors (Lipinski definition) is 0. The summed E-state index contributed by atoms with van der Waals surface area (Å²) in [5, 5.41) is 1.15. The SMILES string of the molecule is COc1cc(-c2cc3ccccc3[n+](C)c2)cc(-c2ccc(F)cc2)c1OC.[I-]. The van der Waals surface area contributed by atoms with Crippen molar-refractivity contribution in [2.75, 3.05) is 14.2 Å². The molecule has 3 nitrogen and oxygen atoms in total. The molecule has 1 heterocycles. The Hall–Kier alpha value is -2.67. The number of pyridine rings is 1. The van der Waals surface area contributed by atoms with Gasteiger partial charge in [0.1, 0.15) is 12.9 Å². The number of fused-ring (bicyclic) bond motifs is 1. The van der Waals surface area contributed by atoms with Crippen molar-refractivity contribution in [2.24, 2.45) is 7.05 Å². The standard InChI is InChI=1S/C24H21FNO2.HI/c1-26-15-19(12-17-6-4-5-7-22(17)26)18-13-21(16-8-10-20(25)11-9-16)24(28-3)23(14-18)27-2;/h4-15H,1-3H3;1H/q+1;/p-1. The van der Waals surface area contributed by atoms with Gasteiger partial charge in [0.25, 0.3) is 0 Å². The van der Waals surface area contributed by atoms with Gasteiger partial charge in [0.05, 0.1) is 14.2 Å². The summed E-state index contributed by atoms with van der Waals surface area (Å²) in [5.74, 6) is 0.991. The number of nitrogens with zero attached hydrogens (tertiary/aromatic N) is 1. The van der Waals surface area contributed by atoms with Gasteiger partial charge in [0, 0.05) is 22.6 Å². The molecule has 0 unspecified atom stereocenters. The first-order valence-corrected chi connectivity index (χ1v) is 9.01. The van der Waals surface area contributed by atoms with Crippen molar-refractivity contribution < 1.29 is 42.4 Å². The second kappa shape index (κ2) is 8.78. The van der Waals surface area contributed by atoms with Crippen molar-refractivity contribution in [3.05, 3.63) is 78.7 Å². The third-order valence-electron chi connectivity index (χ3n) is 4.93. The highest BCUT2D eigenvalue weighted by Gasteiger charge is 2.17. The van der Waals surface area contributed by atoms with Crippen molar-refractivity contribution in [1.82, 2.24) is 0 Å². The first-order chi connectivity index (χ1) is 13.6. The molecule has 4 rings (SSSR count). The van der Waals surface area contributed by atoms with Gasteiger partial charge >= 0.3 is 0 Å². The molecule has 148 valence electrons. The summed E-state index contributed by atoms with van der Waals surface area (Å²) in [6.45, 7) is 0. The fourth-order valence-electron chi connectivity index (χ4n) is 3.55. The Balaban J connectivity index is 0.00000240. The summed E-state index contributed by atoms with van der Waals surface area (Å²) in [4.78, 5) is 0. The predicted octanol–water partition coefficient (Wildman–Crippen LogP) is 2.16. The van der Waals surface area contributed by atoms with Gasteiger partial charge in [-0.25, -0.2) is 8.96 Å². The van der Waals surface area contributed by atoms with E-state index in [1.807, 2.05) is 25.2 Å². The highest BCUT2D eigenvalue weighted by molar-refractivity contribution is 5.85. The van der Waals surface area contributed by atoms with Crippen LogP contribution in [-0.2, 0) is 7.05 Å². The van der Waals surface area contributed by atoms with Crippen molar-refractivity contribution in [1.29, 1.82) is 0 Å². The smallest absolute Gasteiger partial charge is 0.212 e. The van der Waals surface area contributed by atoms with E-state index in [4.69, 9.17) is 9.47 Å². The summed E-state index contributed by atoms with van der Waals surface area (Å²) < 4.78 is 26.7. The molecule has 0 fully saturated rings. The lowest BCUT2D eigenvalue weighted by molar-refractivity contribution is -0.644. The van der Waals surface area contributed by atoms with Crippen LogP contribution in [0.25, 0.3) is 33.2 Å². The maximum Gasteiger partial charge on any atom is 0.212 e. The zero-order valence-corrected chi connectivity index (χ0v) is 18.6. The van der Waals surface area contributed by atoms with Crippen LogP contribution >= 0.6 is 0 Å². The summed E-state index contributed by atoms with van der Waals surface area (Å²) in [6, 6.07) is 20.8. The van der Waals surface area contributed by atoms with Gasteiger partial charge in [0.15, 0.2) is 17.7 Å². The minimum atomic E-state index is -0.271. The monoisotopic (exact) mass is 501 g/mol. The van der Waals surface area contributed by atoms with Crippen molar-refractivity contribution in [3.8, 4) is 33.8 Å². The van der Waals surface area contributed by atoms with Crippen LogP contribution in [-0.4, -0.2) is 14.2 Å². The van der Waals surface area contributed by atoms with Crippen LogP contribution in [0.2, 0.25) is 0 Å². The van der Waals surface area contributed by atoms with Crippen molar-refractivity contribution in [2.45, 2.75) is 0 Å². The van der Waals surface area contributed by atoms with Crippen LogP contribution in [0.4, 0.5) is 4.39 Å². The molecule has 0 amide bonds. The summed E-state index contributed by atoms with van der Waals surface area (Å²) >= 11 is 0. The molecule has 0 N–H and O–H groups in total. The highest BCUT2D eigenvalue weighted by Crippen LogP contribution is 2.42. The zero-order chi connectivity index (χ0) is 19.7. The van der Waals surface area contributed by atoms with E-state index in [0.717, 1.165) is 33.2 Å². The minimum absolute atomic E-state index is 0. The van der Waals surface area contributed by atoms with Gasteiger partial charge in [-0.3, -0.25) is 0 Å². The quantitative estimate of drug-likeness (QED) is 0.316. The minimum Gasteiger partial charge on any atom is -1.00 e. The maximum absolute atomic E-state index is 13.4. The van der Waals surface area contributed by atoms with E-state index in [1.54, 1.807) is 26.4 Å². The fraction of sp³-hybridized carbons (Fsp3) is 0.125. The normalized spacial score (nSPS) is 10.5. The number of benzene rings is 3. The van der Waals surface area contributed by atoms with E-state index in [-0.39, 0.29) is 29.8 Å². The lowest BCUT2D eigenvalue weighted by Gasteiger charge is -2.15. The summed E-state index contributed by atoms with van der Waals surface area (Å²) in [5.41, 5.74) is 4.94. The van der Waals surface area contributed by atoms with Gasteiger partial charge < -0.3 is 33.5 Å². The number of hydrogen-bond acceptors (Lipinski definition) is 2. The predicted molar refractivity (Wildman–Crippen MR) is 109 cm³/mol. The van der Waals surface area contributed by atoms with Gasteiger partial charge in [-0.1, -0.05) is 24.3 Å². The maximum atomic E-state index is 13.4. The third-order valence-corrected chi connectivity index (χ3v) is 4.93. The Kier molecular flexibility index (Phi) is 6.37. The lowest BCUT2D eigenvalue weighted by Crippen LogP contribution is -3.00. The van der Waals surface area contributed by atoms with Gasteiger partial charge in [-0.15, -0.1) is 0 Å². The van der Waals surface area contributed by atoms with Gasteiger partial charge in [-0.2, -0.15) is 0 Å². The molecular weight excluding hydrogens is 480 g/mol. The molecule has 0 bridgehead atoms. The molecule has 0 atom stereocenters. The Bertz CT molecular complexity index is 1160. The van der Waals surface area contributed by atoms with Crippen LogP contribution < -0.4 is 38.0 Å². The Labute approximate surface area is 186 Å². The summed E-state index contributed by atoms with van der Waals surface area (Å²) in [7, 11) is 5.27. The molecule has 0 radical (unpaired) electrons. The molecule has 4 aromatic rings. The number of rotatable bonds is 4. The molecule has 0 aliphatic heterocycles. The summed E-state index contributed by atoms with van der Waals surface area (Å²) in [6.07, 6.45) is 2.10. The molecule has 0 spiro atoms. The van der Waals surface area contributed by atoms with E-state index < -0.39 is 0 Å². The molecule has 0 saturated heterocycles. The van der Waals surface area contributed by atoms with Crippen molar-refractivity contribution >= 4 is 10.9 Å². The Morgan fingerprint density at radius 1 is 0.793 bits per heavy atom. The van der Waals surface area contributed by atoms with E-state index in [1.165, 1.54) is 12.1 Å². The molecule has 1 aromatic heterocycles. The molecule has 3 aromatic carbocycles. The van der Waals surface area contributed by atoms with E-state index in [2.05, 4.69) is 35.0 Å². The van der Waals surface area contributed by atoms with Crippen LogP contribution in [0.5, 0.6) is 11.5 Å². The van der Waals surface area contributed by atoms with Gasteiger partial charge in [0.2, 0.25) is 5.52 Å². The second-order valence-electron chi connectivity index (χ2n) is 6.66. The first kappa shape index (κ1) is 21.0. The third kappa shape index (κ3) is 4.05. The molecule has 0 saturated carbocycles. The topological polar surface area (TPSA) is 22.3 Å². The average molecular weight is 501 g/mol. The van der Waals surface area contributed by atoms with Crippen LogP contribution in [0, 0.1) is 5.82 Å².